The third-order valence-electron chi connectivity index (χ3n) is 2.86. The maximum Gasteiger partial charge on any atom is 0.274 e. The van der Waals surface area contributed by atoms with Gasteiger partial charge in [0.2, 0.25) is 5.95 Å². The average molecular weight is 276 g/mol. The maximum absolute atomic E-state index is 12.2. The van der Waals surface area contributed by atoms with E-state index in [4.69, 9.17) is 5.21 Å². The molecule has 0 bridgehead atoms. The molecule has 1 aromatic heterocycles. The van der Waals surface area contributed by atoms with Crippen LogP contribution in [0.5, 0.6) is 0 Å². The average Bonchev–Trinajstić information content (AvgIpc) is 2.42. The van der Waals surface area contributed by atoms with Gasteiger partial charge in [0.15, 0.2) is 0 Å². The molecule has 7 nitrogen and oxygen atoms in total. The Morgan fingerprint density at radius 2 is 2.10 bits per heavy atom. The first kappa shape index (κ1) is 14.0. The van der Waals surface area contributed by atoms with Gasteiger partial charge in [0.1, 0.15) is 0 Å². The number of hydrogen-bond acceptors (Lipinski definition) is 5. The number of aromatic nitrogens is 2. The predicted molar refractivity (Wildman–Crippen MR) is 75.0 cm³/mol. The largest absolute Gasteiger partial charge is 0.353 e. The number of nitrogens with zero attached hydrogens (tertiary/aromatic N) is 2. The van der Waals surface area contributed by atoms with Crippen molar-refractivity contribution >= 4 is 22.8 Å². The van der Waals surface area contributed by atoms with Crippen molar-refractivity contribution in [1.29, 1.82) is 0 Å². The van der Waals surface area contributed by atoms with Crippen LogP contribution in [-0.2, 0) is 7.05 Å². The van der Waals surface area contributed by atoms with Gasteiger partial charge in [0.05, 0.1) is 10.9 Å². The highest BCUT2D eigenvalue weighted by Crippen LogP contribution is 2.13. The quantitative estimate of drug-likeness (QED) is 0.571. The first-order valence-corrected chi connectivity index (χ1v) is 6.15. The molecule has 0 spiro atoms. The Hall–Kier alpha value is -2.41. The van der Waals surface area contributed by atoms with Gasteiger partial charge < -0.3 is 5.32 Å². The second-order valence-electron chi connectivity index (χ2n) is 4.77. The number of nitrogens with one attached hydrogen (secondary N) is 2. The van der Waals surface area contributed by atoms with Crippen LogP contribution in [-0.4, -0.2) is 26.7 Å². The molecule has 1 heterocycles. The number of rotatable bonds is 3. The van der Waals surface area contributed by atoms with E-state index >= 15 is 0 Å². The smallest absolute Gasteiger partial charge is 0.274 e. The van der Waals surface area contributed by atoms with Crippen molar-refractivity contribution in [2.45, 2.75) is 19.9 Å². The van der Waals surface area contributed by atoms with E-state index in [-0.39, 0.29) is 17.2 Å². The van der Waals surface area contributed by atoms with Gasteiger partial charge >= 0.3 is 0 Å². The monoisotopic (exact) mass is 276 g/mol. The van der Waals surface area contributed by atoms with Gasteiger partial charge in [-0.05, 0) is 32.0 Å². The van der Waals surface area contributed by atoms with Crippen molar-refractivity contribution < 1.29 is 10.0 Å². The number of fused-ring (bicyclic) bond motifs is 1. The highest BCUT2D eigenvalue weighted by atomic mass is 16.5. The van der Waals surface area contributed by atoms with Crippen molar-refractivity contribution in [2.24, 2.45) is 7.05 Å². The molecule has 2 rings (SSSR count). The van der Waals surface area contributed by atoms with Crippen LogP contribution in [0.2, 0.25) is 0 Å². The predicted octanol–water partition coefficient (Wildman–Crippen LogP) is 0.873. The molecule has 0 aliphatic heterocycles. The van der Waals surface area contributed by atoms with Crippen molar-refractivity contribution in [3.05, 3.63) is 34.1 Å². The van der Waals surface area contributed by atoms with Crippen LogP contribution < -0.4 is 16.4 Å². The summed E-state index contributed by atoms with van der Waals surface area (Å²) in [6, 6.07) is 4.57. The molecule has 0 aliphatic carbocycles. The molecular formula is C13H16N4O3. The molecule has 0 fully saturated rings. The van der Waals surface area contributed by atoms with Gasteiger partial charge in [0.25, 0.3) is 11.5 Å². The van der Waals surface area contributed by atoms with Gasteiger partial charge in [-0.15, -0.1) is 0 Å². The Bertz CT molecular complexity index is 721. The van der Waals surface area contributed by atoms with Crippen LogP contribution in [0.4, 0.5) is 5.95 Å². The number of benzene rings is 1. The normalized spacial score (nSPS) is 10.8. The zero-order chi connectivity index (χ0) is 14.9. The molecule has 20 heavy (non-hydrogen) atoms. The van der Waals surface area contributed by atoms with Crippen LogP contribution >= 0.6 is 0 Å². The fraction of sp³-hybridized carbons (Fsp3) is 0.308. The molecule has 3 N–H and O–H groups in total. The zero-order valence-corrected chi connectivity index (χ0v) is 11.5. The Morgan fingerprint density at radius 3 is 2.70 bits per heavy atom. The summed E-state index contributed by atoms with van der Waals surface area (Å²) in [5.41, 5.74) is 1.99. The van der Waals surface area contributed by atoms with Gasteiger partial charge in [-0.2, -0.15) is 0 Å². The lowest BCUT2D eigenvalue weighted by Gasteiger charge is -2.13. The minimum Gasteiger partial charge on any atom is -0.353 e. The number of amides is 1. The summed E-state index contributed by atoms with van der Waals surface area (Å²) >= 11 is 0. The molecule has 0 saturated heterocycles. The van der Waals surface area contributed by atoms with E-state index in [1.807, 2.05) is 13.8 Å². The summed E-state index contributed by atoms with van der Waals surface area (Å²) in [4.78, 5) is 27.9. The Labute approximate surface area is 115 Å². The molecule has 0 radical (unpaired) electrons. The van der Waals surface area contributed by atoms with Gasteiger partial charge in [0, 0.05) is 18.7 Å². The van der Waals surface area contributed by atoms with Crippen LogP contribution in [0, 0.1) is 0 Å². The van der Waals surface area contributed by atoms with E-state index < -0.39 is 5.91 Å². The molecule has 0 atom stereocenters. The number of hydroxylamine groups is 1. The summed E-state index contributed by atoms with van der Waals surface area (Å²) < 4.78 is 1.42. The van der Waals surface area contributed by atoms with Crippen LogP contribution in [0.1, 0.15) is 24.2 Å². The number of carbonyl (C=O) groups excluding carboxylic acids is 1. The standard InChI is InChI=1S/C13H16N4O3/c1-7(2)14-13-15-10-6-8(11(18)16-20)4-5-9(10)12(19)17(13)3/h4-7,20H,1-3H3,(H,14,15)(H,16,18). The molecule has 1 amide bonds. The first-order chi connectivity index (χ1) is 9.43. The minimum absolute atomic E-state index is 0.120. The molecule has 0 aliphatic rings. The van der Waals surface area contributed by atoms with E-state index in [1.54, 1.807) is 12.5 Å². The Kier molecular flexibility index (Phi) is 3.71. The first-order valence-electron chi connectivity index (χ1n) is 6.15. The molecule has 7 heteroatoms. The van der Waals surface area contributed by atoms with E-state index in [2.05, 4.69) is 10.3 Å². The van der Waals surface area contributed by atoms with E-state index in [9.17, 15) is 9.59 Å². The Morgan fingerprint density at radius 1 is 1.40 bits per heavy atom. The van der Waals surface area contributed by atoms with E-state index in [0.717, 1.165) is 0 Å². The lowest BCUT2D eigenvalue weighted by Crippen LogP contribution is -2.25. The van der Waals surface area contributed by atoms with Crippen molar-refractivity contribution in [3.63, 3.8) is 0 Å². The van der Waals surface area contributed by atoms with Crippen molar-refractivity contribution in [1.82, 2.24) is 15.0 Å². The number of anilines is 1. The SMILES string of the molecule is CC(C)Nc1nc2cc(C(=O)NO)ccc2c(=O)n1C. The Balaban J connectivity index is 2.65. The van der Waals surface area contributed by atoms with Gasteiger partial charge in [-0.1, -0.05) is 0 Å². The van der Waals surface area contributed by atoms with Gasteiger partial charge in [-0.25, -0.2) is 10.5 Å². The highest BCUT2D eigenvalue weighted by Gasteiger charge is 2.11. The summed E-state index contributed by atoms with van der Waals surface area (Å²) in [6.07, 6.45) is 0. The van der Waals surface area contributed by atoms with Crippen molar-refractivity contribution in [2.75, 3.05) is 5.32 Å². The minimum atomic E-state index is -0.646. The molecule has 0 unspecified atom stereocenters. The van der Waals surface area contributed by atoms with Crippen molar-refractivity contribution in [3.8, 4) is 0 Å². The third-order valence-corrected chi connectivity index (χ3v) is 2.86. The highest BCUT2D eigenvalue weighted by molar-refractivity contribution is 5.97. The zero-order valence-electron chi connectivity index (χ0n) is 11.5. The molecular weight excluding hydrogens is 260 g/mol. The maximum atomic E-state index is 12.2. The van der Waals surface area contributed by atoms with Gasteiger partial charge in [-0.3, -0.25) is 19.4 Å². The summed E-state index contributed by atoms with van der Waals surface area (Å²) in [6.45, 7) is 3.87. The summed E-state index contributed by atoms with van der Waals surface area (Å²) in [5.74, 6) is -0.216. The topological polar surface area (TPSA) is 96.2 Å². The van der Waals surface area contributed by atoms with E-state index in [0.29, 0.717) is 16.9 Å². The molecule has 106 valence electrons. The second kappa shape index (κ2) is 5.30. The van der Waals surface area contributed by atoms with Crippen LogP contribution in [0.25, 0.3) is 10.9 Å². The third kappa shape index (κ3) is 2.48. The fourth-order valence-corrected chi connectivity index (χ4v) is 1.86. The molecule has 1 aromatic carbocycles. The lowest BCUT2D eigenvalue weighted by atomic mass is 10.1. The molecule has 0 saturated carbocycles. The lowest BCUT2D eigenvalue weighted by molar-refractivity contribution is 0.0706. The number of hydrogen-bond donors (Lipinski definition) is 3. The van der Waals surface area contributed by atoms with Crippen LogP contribution in [0.15, 0.2) is 23.0 Å². The fourth-order valence-electron chi connectivity index (χ4n) is 1.86. The summed E-state index contributed by atoms with van der Waals surface area (Å²) in [7, 11) is 1.63. The van der Waals surface area contributed by atoms with E-state index in [1.165, 1.54) is 22.8 Å². The summed E-state index contributed by atoms with van der Waals surface area (Å²) in [5, 5.41) is 12.1. The van der Waals surface area contributed by atoms with Crippen LogP contribution in [0.3, 0.4) is 0 Å². The number of carbonyl (C=O) groups is 1. The molecule has 2 aromatic rings. The second-order valence-corrected chi connectivity index (χ2v) is 4.77.